The van der Waals surface area contributed by atoms with Gasteiger partial charge in [-0.2, -0.15) is 0 Å². The third-order valence-corrected chi connectivity index (χ3v) is 5.42. The van der Waals surface area contributed by atoms with E-state index in [9.17, 15) is 18.0 Å². The van der Waals surface area contributed by atoms with Crippen LogP contribution in [0, 0.1) is 0 Å². The largest absolute Gasteiger partial charge is 0.335 e. The number of fused-ring (bicyclic) bond motifs is 1. The Hall–Kier alpha value is -1.89. The van der Waals surface area contributed by atoms with Gasteiger partial charge in [0.25, 0.3) is 0 Å². The van der Waals surface area contributed by atoms with Gasteiger partial charge in [0, 0.05) is 13.5 Å². The quantitative estimate of drug-likeness (QED) is 0.879. The van der Waals surface area contributed by atoms with Crippen molar-refractivity contribution in [1.82, 2.24) is 9.62 Å². The van der Waals surface area contributed by atoms with Crippen LogP contribution in [0.3, 0.4) is 0 Å². The van der Waals surface area contributed by atoms with Gasteiger partial charge >= 0.3 is 0 Å². The highest BCUT2D eigenvalue weighted by molar-refractivity contribution is 7.90. The summed E-state index contributed by atoms with van der Waals surface area (Å²) < 4.78 is 25.6. The maximum Gasteiger partial charge on any atom is 0.235 e. The Morgan fingerprint density at radius 3 is 2.65 bits per heavy atom. The van der Waals surface area contributed by atoms with Crippen molar-refractivity contribution in [2.75, 3.05) is 12.3 Å². The van der Waals surface area contributed by atoms with E-state index in [1.54, 1.807) is 11.8 Å². The molecule has 0 spiro atoms. The van der Waals surface area contributed by atoms with E-state index in [-0.39, 0.29) is 18.1 Å². The van der Waals surface area contributed by atoms with Crippen LogP contribution in [0.2, 0.25) is 0 Å². The van der Waals surface area contributed by atoms with Crippen molar-refractivity contribution in [1.29, 1.82) is 0 Å². The van der Waals surface area contributed by atoms with E-state index in [1.165, 1.54) is 6.92 Å². The van der Waals surface area contributed by atoms with Crippen molar-refractivity contribution >= 4 is 21.8 Å². The Kier molecular flexibility index (Phi) is 5.41. The zero-order valence-corrected chi connectivity index (χ0v) is 14.2. The minimum atomic E-state index is -3.60. The summed E-state index contributed by atoms with van der Waals surface area (Å²) in [5.74, 6) is -0.781. The van der Waals surface area contributed by atoms with Gasteiger partial charge in [0.1, 0.15) is 0 Å². The van der Waals surface area contributed by atoms with E-state index in [2.05, 4.69) is 4.72 Å². The monoisotopic (exact) mass is 338 g/mol. The van der Waals surface area contributed by atoms with Crippen LogP contribution in [0.4, 0.5) is 0 Å². The molecular formula is C16H22N2O4S. The van der Waals surface area contributed by atoms with E-state index in [0.29, 0.717) is 13.0 Å². The highest BCUT2D eigenvalue weighted by Crippen LogP contribution is 2.32. The van der Waals surface area contributed by atoms with Crippen LogP contribution in [0.1, 0.15) is 43.9 Å². The summed E-state index contributed by atoms with van der Waals surface area (Å²) in [6.45, 7) is 3.73. The standard InChI is InChI=1S/C16H22N2O4S/c1-3-10-23(21,22)17-16(20)11-15-14-7-5-4-6-13(14)8-9-18(15)12(2)19/h4-7,15H,3,8-11H2,1-2H3,(H,17,20)/t15-/m0/s1. The zero-order chi connectivity index (χ0) is 17.0. The molecule has 0 radical (unpaired) electrons. The van der Waals surface area contributed by atoms with Gasteiger partial charge in [0.05, 0.1) is 18.2 Å². The fraction of sp³-hybridized carbons (Fsp3) is 0.500. The van der Waals surface area contributed by atoms with Crippen LogP contribution in [0.25, 0.3) is 0 Å². The number of benzene rings is 1. The molecule has 1 aliphatic heterocycles. The molecule has 7 heteroatoms. The van der Waals surface area contributed by atoms with Crippen molar-refractivity contribution in [3.05, 3.63) is 35.4 Å². The molecule has 1 atom stereocenters. The first-order valence-corrected chi connectivity index (χ1v) is 9.37. The Labute approximate surface area is 136 Å². The number of carbonyl (C=O) groups excluding carboxylic acids is 2. The molecule has 126 valence electrons. The van der Waals surface area contributed by atoms with Crippen LogP contribution in [-0.2, 0) is 26.0 Å². The molecule has 23 heavy (non-hydrogen) atoms. The van der Waals surface area contributed by atoms with Crippen molar-refractivity contribution in [3.63, 3.8) is 0 Å². The van der Waals surface area contributed by atoms with Gasteiger partial charge in [0.2, 0.25) is 21.8 Å². The van der Waals surface area contributed by atoms with E-state index in [1.807, 2.05) is 24.3 Å². The van der Waals surface area contributed by atoms with Crippen molar-refractivity contribution in [2.45, 2.75) is 39.2 Å². The summed E-state index contributed by atoms with van der Waals surface area (Å²) in [6.07, 6.45) is 1.12. The highest BCUT2D eigenvalue weighted by Gasteiger charge is 2.31. The van der Waals surface area contributed by atoms with E-state index in [0.717, 1.165) is 17.5 Å². The molecule has 0 saturated carbocycles. The van der Waals surface area contributed by atoms with Gasteiger partial charge in [-0.25, -0.2) is 8.42 Å². The van der Waals surface area contributed by atoms with Gasteiger partial charge in [0.15, 0.2) is 0 Å². The maximum absolute atomic E-state index is 12.2. The predicted octanol–water partition coefficient (Wildman–Crippen LogP) is 1.38. The SMILES string of the molecule is CCCS(=O)(=O)NC(=O)C[C@H]1c2ccccc2CCN1C(C)=O. The Morgan fingerprint density at radius 1 is 1.30 bits per heavy atom. The molecule has 0 saturated heterocycles. The summed E-state index contributed by atoms with van der Waals surface area (Å²) in [5.41, 5.74) is 2.01. The average Bonchev–Trinajstić information content (AvgIpc) is 2.46. The molecule has 0 bridgehead atoms. The van der Waals surface area contributed by atoms with Crippen LogP contribution >= 0.6 is 0 Å². The first-order valence-electron chi connectivity index (χ1n) is 7.72. The summed E-state index contributed by atoms with van der Waals surface area (Å²) >= 11 is 0. The van der Waals surface area contributed by atoms with Crippen LogP contribution in [0.5, 0.6) is 0 Å². The van der Waals surface area contributed by atoms with Crippen molar-refractivity contribution in [2.24, 2.45) is 0 Å². The van der Waals surface area contributed by atoms with Gasteiger partial charge in [-0.15, -0.1) is 0 Å². The topological polar surface area (TPSA) is 83.6 Å². The fourth-order valence-electron chi connectivity index (χ4n) is 2.96. The van der Waals surface area contributed by atoms with Gasteiger partial charge in [-0.1, -0.05) is 31.2 Å². The number of hydrogen-bond donors (Lipinski definition) is 1. The van der Waals surface area contributed by atoms with Gasteiger partial charge < -0.3 is 4.90 Å². The lowest BCUT2D eigenvalue weighted by atomic mass is 9.90. The molecule has 1 heterocycles. The molecule has 1 N–H and O–H groups in total. The lowest BCUT2D eigenvalue weighted by molar-refractivity contribution is -0.133. The molecule has 1 aromatic rings. The number of rotatable bonds is 5. The van der Waals surface area contributed by atoms with Crippen LogP contribution in [0.15, 0.2) is 24.3 Å². The van der Waals surface area contributed by atoms with Crippen LogP contribution in [-0.4, -0.2) is 37.4 Å². The number of amides is 2. The molecular weight excluding hydrogens is 316 g/mol. The second-order valence-corrected chi connectivity index (χ2v) is 7.57. The number of nitrogens with zero attached hydrogens (tertiary/aromatic N) is 1. The normalized spacial score (nSPS) is 17.5. The highest BCUT2D eigenvalue weighted by atomic mass is 32.2. The molecule has 1 aliphatic rings. The van der Waals surface area contributed by atoms with Gasteiger partial charge in [-0.05, 0) is 24.0 Å². The lowest BCUT2D eigenvalue weighted by Crippen LogP contribution is -2.42. The van der Waals surface area contributed by atoms with E-state index < -0.39 is 22.0 Å². The van der Waals surface area contributed by atoms with Crippen LogP contribution < -0.4 is 4.72 Å². The number of carbonyl (C=O) groups is 2. The Balaban J connectivity index is 2.21. The smallest absolute Gasteiger partial charge is 0.235 e. The predicted molar refractivity (Wildman–Crippen MR) is 87.1 cm³/mol. The third-order valence-electron chi connectivity index (χ3n) is 3.94. The zero-order valence-electron chi connectivity index (χ0n) is 13.4. The second kappa shape index (κ2) is 7.12. The molecule has 2 rings (SSSR count). The average molecular weight is 338 g/mol. The Bertz CT molecular complexity index is 700. The fourth-order valence-corrected chi connectivity index (χ4v) is 4.03. The molecule has 0 fully saturated rings. The summed E-state index contributed by atoms with van der Waals surface area (Å²) in [4.78, 5) is 25.6. The second-order valence-electron chi connectivity index (χ2n) is 5.73. The number of hydrogen-bond acceptors (Lipinski definition) is 4. The van der Waals surface area contributed by atoms with E-state index in [4.69, 9.17) is 0 Å². The minimum Gasteiger partial charge on any atom is -0.335 e. The minimum absolute atomic E-state index is 0.0560. The molecule has 0 aliphatic carbocycles. The number of nitrogens with one attached hydrogen (secondary N) is 1. The third kappa shape index (κ3) is 4.31. The first-order chi connectivity index (χ1) is 10.8. The molecule has 2 amide bonds. The Morgan fingerprint density at radius 2 is 2.00 bits per heavy atom. The van der Waals surface area contributed by atoms with Crippen molar-refractivity contribution < 1.29 is 18.0 Å². The number of sulfonamides is 1. The van der Waals surface area contributed by atoms with Gasteiger partial charge in [-0.3, -0.25) is 14.3 Å². The summed E-state index contributed by atoms with van der Waals surface area (Å²) in [6, 6.07) is 7.23. The summed E-state index contributed by atoms with van der Waals surface area (Å²) in [7, 11) is -3.60. The molecule has 0 aromatic heterocycles. The van der Waals surface area contributed by atoms with Crippen molar-refractivity contribution in [3.8, 4) is 0 Å². The lowest BCUT2D eigenvalue weighted by Gasteiger charge is -2.36. The molecule has 1 aromatic carbocycles. The summed E-state index contributed by atoms with van der Waals surface area (Å²) in [5, 5.41) is 0. The maximum atomic E-state index is 12.2. The van der Waals surface area contributed by atoms with E-state index >= 15 is 0 Å². The first kappa shape index (κ1) is 17.5. The molecule has 0 unspecified atom stereocenters. The molecule has 6 nitrogen and oxygen atoms in total.